The van der Waals surface area contributed by atoms with Crippen molar-refractivity contribution in [2.45, 2.75) is 0 Å². The molecule has 0 fully saturated rings. The van der Waals surface area contributed by atoms with Crippen LogP contribution in [0.25, 0.3) is 0 Å². The molecule has 0 aliphatic carbocycles. The first-order valence-electron chi connectivity index (χ1n) is 3.22. The minimum Gasteiger partial charge on any atom is -0.370 e. The number of hydrogen-bond acceptors (Lipinski definition) is 2. The number of aliphatic imine (C=N–C) groups is 1. The molecule has 0 amide bonds. The Hall–Kier alpha value is -0.970. The summed E-state index contributed by atoms with van der Waals surface area (Å²) in [5.74, 6) is 0.650. The summed E-state index contributed by atoms with van der Waals surface area (Å²) in [7, 11) is 7.06. The molecule has 0 aromatic heterocycles. The van der Waals surface area contributed by atoms with Crippen molar-refractivity contribution in [2.75, 3.05) is 28.2 Å². The summed E-state index contributed by atoms with van der Waals surface area (Å²) in [4.78, 5) is 7.25. The largest absolute Gasteiger partial charge is 0.370 e. The van der Waals surface area contributed by atoms with E-state index in [0.29, 0.717) is 5.96 Å². The quantitative estimate of drug-likeness (QED) is 0.413. The van der Waals surface area contributed by atoms with Crippen molar-refractivity contribution in [3.8, 4) is 0 Å². The molecule has 0 rings (SSSR count). The Morgan fingerprint density at radius 1 is 1.33 bits per heavy atom. The lowest BCUT2D eigenvalue weighted by molar-refractivity contribution is 0.527. The molecule has 3 N–H and O–H groups in total. The highest BCUT2D eigenvalue weighted by molar-refractivity contribution is 5.95. The van der Waals surface area contributed by atoms with Crippen molar-refractivity contribution in [3.63, 3.8) is 0 Å². The zero-order chi connectivity index (χ0) is 9.02. The molecule has 0 spiro atoms. The van der Waals surface area contributed by atoms with E-state index in [1.54, 1.807) is 19.0 Å². The Kier molecular flexibility index (Phi) is 6.41. The van der Waals surface area contributed by atoms with E-state index in [0.717, 1.165) is 0 Å². The molecule has 0 saturated carbocycles. The van der Waals surface area contributed by atoms with E-state index >= 15 is 0 Å². The van der Waals surface area contributed by atoms with Gasteiger partial charge in [-0.25, -0.2) is 0 Å². The predicted octanol–water partition coefficient (Wildman–Crippen LogP) is -0.219. The molecule has 0 bridgehead atoms. The van der Waals surface area contributed by atoms with Gasteiger partial charge in [-0.15, -0.1) is 12.4 Å². The summed E-state index contributed by atoms with van der Waals surface area (Å²) in [6.07, 6.45) is 0. The van der Waals surface area contributed by atoms with Crippen LogP contribution >= 0.6 is 12.4 Å². The number of rotatable bonds is 0. The smallest absolute Gasteiger partial charge is 0.202 e. The average Bonchev–Trinajstić information content (AvgIpc) is 1.88. The molecule has 6 heteroatoms. The van der Waals surface area contributed by atoms with Crippen LogP contribution in [0.2, 0.25) is 0 Å². The van der Waals surface area contributed by atoms with E-state index < -0.39 is 0 Å². The van der Waals surface area contributed by atoms with Gasteiger partial charge in [-0.05, 0) is 0 Å². The van der Waals surface area contributed by atoms with E-state index in [4.69, 9.17) is 11.1 Å². The molecule has 0 aliphatic heterocycles. The zero-order valence-electron chi connectivity index (χ0n) is 7.83. The number of halogens is 1. The van der Waals surface area contributed by atoms with Crippen LogP contribution in [0.15, 0.2) is 4.99 Å². The number of nitrogens with one attached hydrogen (secondary N) is 1. The maximum atomic E-state index is 7.12. The Morgan fingerprint density at radius 3 is 1.83 bits per heavy atom. The molecule has 72 valence electrons. The molecule has 0 aromatic rings. The third-order valence-corrected chi connectivity index (χ3v) is 1.26. The number of nitrogens with two attached hydrogens (primary N) is 1. The van der Waals surface area contributed by atoms with Gasteiger partial charge in [0, 0.05) is 28.2 Å². The highest BCUT2D eigenvalue weighted by Crippen LogP contribution is 1.88. The third kappa shape index (κ3) is 3.43. The molecular formula is C6H16ClN5. The maximum Gasteiger partial charge on any atom is 0.202 e. The van der Waals surface area contributed by atoms with Gasteiger partial charge in [0.2, 0.25) is 5.96 Å². The van der Waals surface area contributed by atoms with E-state index in [1.807, 2.05) is 14.1 Å². The second kappa shape index (κ2) is 5.65. The monoisotopic (exact) mass is 193 g/mol. The van der Waals surface area contributed by atoms with Crippen molar-refractivity contribution in [2.24, 2.45) is 10.7 Å². The summed E-state index contributed by atoms with van der Waals surface area (Å²) in [6, 6.07) is 0. The van der Waals surface area contributed by atoms with E-state index in [-0.39, 0.29) is 18.4 Å². The summed E-state index contributed by atoms with van der Waals surface area (Å²) in [6.45, 7) is 0. The minimum absolute atomic E-state index is 0. The summed E-state index contributed by atoms with van der Waals surface area (Å²) >= 11 is 0. The second-order valence-electron chi connectivity index (χ2n) is 2.36. The lowest BCUT2D eigenvalue weighted by Crippen LogP contribution is -2.44. The van der Waals surface area contributed by atoms with Gasteiger partial charge in [-0.3, -0.25) is 15.3 Å². The number of hydrogen-bond donors (Lipinski definition) is 2. The van der Waals surface area contributed by atoms with Crippen molar-refractivity contribution in [3.05, 3.63) is 0 Å². The first-order valence-corrected chi connectivity index (χ1v) is 3.22. The van der Waals surface area contributed by atoms with Crippen LogP contribution in [-0.2, 0) is 0 Å². The molecular weight excluding hydrogens is 178 g/mol. The van der Waals surface area contributed by atoms with Gasteiger partial charge in [0.1, 0.15) is 0 Å². The van der Waals surface area contributed by atoms with Crippen LogP contribution in [0.5, 0.6) is 0 Å². The topological polar surface area (TPSA) is 68.7 Å². The maximum absolute atomic E-state index is 7.12. The van der Waals surface area contributed by atoms with Gasteiger partial charge in [-0.1, -0.05) is 0 Å². The molecule has 0 aromatic carbocycles. The molecule has 5 nitrogen and oxygen atoms in total. The first-order chi connectivity index (χ1) is 5.00. The summed E-state index contributed by atoms with van der Waals surface area (Å²) < 4.78 is 0. The van der Waals surface area contributed by atoms with Gasteiger partial charge in [0.25, 0.3) is 0 Å². The highest BCUT2D eigenvalue weighted by atomic mass is 35.5. The molecule has 0 atom stereocenters. The standard InChI is InChI=1S/C6H15N5.ClH/c1-9-6(10(2)3)11(4)5(7)8;/h1-4H3,(H3,7,8);1H. The first kappa shape index (κ1) is 13.6. The fraction of sp³-hybridized carbons (Fsp3) is 0.667. The second-order valence-corrected chi connectivity index (χ2v) is 2.36. The molecule has 0 aliphatic rings. The van der Waals surface area contributed by atoms with Crippen LogP contribution in [-0.4, -0.2) is 49.9 Å². The lowest BCUT2D eigenvalue weighted by atomic mass is 10.6. The van der Waals surface area contributed by atoms with Crippen LogP contribution in [0, 0.1) is 5.41 Å². The van der Waals surface area contributed by atoms with Gasteiger partial charge >= 0.3 is 0 Å². The van der Waals surface area contributed by atoms with Crippen molar-refractivity contribution in [1.29, 1.82) is 5.41 Å². The lowest BCUT2D eigenvalue weighted by Gasteiger charge is -2.24. The molecule has 0 radical (unpaired) electrons. The summed E-state index contributed by atoms with van der Waals surface area (Å²) in [5.41, 5.74) is 5.25. The Balaban J connectivity index is 0. The van der Waals surface area contributed by atoms with Crippen molar-refractivity contribution >= 4 is 24.3 Å². The number of nitrogens with zero attached hydrogens (tertiary/aromatic N) is 3. The average molecular weight is 194 g/mol. The van der Waals surface area contributed by atoms with Crippen molar-refractivity contribution in [1.82, 2.24) is 9.80 Å². The van der Waals surface area contributed by atoms with Gasteiger partial charge in [0.05, 0.1) is 0 Å². The fourth-order valence-electron chi connectivity index (χ4n) is 0.758. The van der Waals surface area contributed by atoms with Crippen LogP contribution < -0.4 is 5.73 Å². The molecule has 0 saturated heterocycles. The van der Waals surface area contributed by atoms with E-state index in [9.17, 15) is 0 Å². The SMILES string of the molecule is CN=C(N(C)C)N(C)C(=N)N.Cl. The Morgan fingerprint density at radius 2 is 1.75 bits per heavy atom. The highest BCUT2D eigenvalue weighted by Gasteiger charge is 2.08. The van der Waals surface area contributed by atoms with E-state index in [2.05, 4.69) is 4.99 Å². The van der Waals surface area contributed by atoms with Crippen LogP contribution in [0.4, 0.5) is 0 Å². The van der Waals surface area contributed by atoms with Crippen LogP contribution in [0.1, 0.15) is 0 Å². The molecule has 12 heavy (non-hydrogen) atoms. The fourth-order valence-corrected chi connectivity index (χ4v) is 0.758. The van der Waals surface area contributed by atoms with Gasteiger partial charge in [-0.2, -0.15) is 0 Å². The molecule has 0 unspecified atom stereocenters. The molecule has 0 heterocycles. The Bertz CT molecular complexity index is 177. The van der Waals surface area contributed by atoms with E-state index in [1.165, 1.54) is 4.90 Å². The van der Waals surface area contributed by atoms with Crippen molar-refractivity contribution < 1.29 is 0 Å². The minimum atomic E-state index is -0.0145. The third-order valence-electron chi connectivity index (χ3n) is 1.26. The zero-order valence-corrected chi connectivity index (χ0v) is 8.64. The summed E-state index contributed by atoms with van der Waals surface area (Å²) in [5, 5.41) is 7.12. The van der Waals surface area contributed by atoms with Gasteiger partial charge < -0.3 is 10.6 Å². The normalized spacial score (nSPS) is 10.2. The van der Waals surface area contributed by atoms with Gasteiger partial charge in [0.15, 0.2) is 5.96 Å². The predicted molar refractivity (Wildman–Crippen MR) is 54.0 cm³/mol. The number of guanidine groups is 2. The Labute approximate surface area is 79.2 Å². The van der Waals surface area contributed by atoms with Crippen LogP contribution in [0.3, 0.4) is 0 Å².